The second-order valence-electron chi connectivity index (χ2n) is 7.20. The van der Waals surface area contributed by atoms with Crippen LogP contribution >= 0.6 is 0 Å². The number of hydrogen-bond donors (Lipinski definition) is 1. The van der Waals surface area contributed by atoms with Gasteiger partial charge in [-0.05, 0) is 49.4 Å². The SMILES string of the molecule is COc1ccc(C(=O)OCC(=O)N(C)c2ccccc2)cc1S(=O)(=O)Nc1ccc(C)cc1. The number of nitrogens with zero attached hydrogens (tertiary/aromatic N) is 1. The van der Waals surface area contributed by atoms with Crippen LogP contribution in [0.3, 0.4) is 0 Å². The van der Waals surface area contributed by atoms with E-state index in [0.717, 1.165) is 11.6 Å². The predicted molar refractivity (Wildman–Crippen MR) is 125 cm³/mol. The van der Waals surface area contributed by atoms with Gasteiger partial charge in [0.25, 0.3) is 15.9 Å². The summed E-state index contributed by atoms with van der Waals surface area (Å²) in [5.74, 6) is -1.21. The molecule has 0 spiro atoms. The molecule has 0 radical (unpaired) electrons. The fourth-order valence-corrected chi connectivity index (χ4v) is 4.20. The minimum Gasteiger partial charge on any atom is -0.495 e. The van der Waals surface area contributed by atoms with E-state index in [4.69, 9.17) is 9.47 Å². The third-order valence-electron chi connectivity index (χ3n) is 4.84. The lowest BCUT2D eigenvalue weighted by Crippen LogP contribution is -2.31. The summed E-state index contributed by atoms with van der Waals surface area (Å²) < 4.78 is 38.7. The summed E-state index contributed by atoms with van der Waals surface area (Å²) in [6.07, 6.45) is 0. The Labute approximate surface area is 192 Å². The van der Waals surface area contributed by atoms with Crippen LogP contribution in [0.4, 0.5) is 11.4 Å². The molecular formula is C24H24N2O6S. The van der Waals surface area contributed by atoms with Crippen molar-refractivity contribution in [2.75, 3.05) is 30.4 Å². The maximum absolute atomic E-state index is 12.9. The number of likely N-dealkylation sites (N-methyl/N-ethyl adjacent to an activating group) is 1. The molecule has 0 heterocycles. The van der Waals surface area contributed by atoms with Crippen LogP contribution in [0.1, 0.15) is 15.9 Å². The molecule has 172 valence electrons. The molecule has 0 saturated carbocycles. The highest BCUT2D eigenvalue weighted by atomic mass is 32.2. The first kappa shape index (κ1) is 23.8. The van der Waals surface area contributed by atoms with Gasteiger partial charge in [-0.25, -0.2) is 13.2 Å². The maximum Gasteiger partial charge on any atom is 0.338 e. The van der Waals surface area contributed by atoms with Gasteiger partial charge >= 0.3 is 5.97 Å². The highest BCUT2D eigenvalue weighted by Crippen LogP contribution is 2.27. The van der Waals surface area contributed by atoms with E-state index in [1.807, 2.05) is 13.0 Å². The first-order valence-electron chi connectivity index (χ1n) is 9.97. The summed E-state index contributed by atoms with van der Waals surface area (Å²) in [6, 6.07) is 19.6. The normalized spacial score (nSPS) is 10.9. The number of carbonyl (C=O) groups excluding carboxylic acids is 2. The smallest absolute Gasteiger partial charge is 0.338 e. The maximum atomic E-state index is 12.9. The van der Waals surface area contributed by atoms with E-state index in [1.54, 1.807) is 55.6 Å². The Morgan fingerprint density at radius 3 is 2.27 bits per heavy atom. The molecule has 8 nitrogen and oxygen atoms in total. The lowest BCUT2D eigenvalue weighted by Gasteiger charge is -2.17. The van der Waals surface area contributed by atoms with Crippen molar-refractivity contribution >= 4 is 33.3 Å². The molecule has 1 amide bonds. The van der Waals surface area contributed by atoms with Crippen molar-refractivity contribution in [1.82, 2.24) is 0 Å². The van der Waals surface area contributed by atoms with Gasteiger partial charge in [0, 0.05) is 18.4 Å². The molecule has 0 aromatic heterocycles. The van der Waals surface area contributed by atoms with Gasteiger partial charge in [-0.1, -0.05) is 35.9 Å². The fraction of sp³-hybridized carbons (Fsp3) is 0.167. The number of hydrogen-bond acceptors (Lipinski definition) is 6. The Bertz CT molecular complexity index is 1240. The van der Waals surface area contributed by atoms with Crippen molar-refractivity contribution in [3.8, 4) is 5.75 Å². The Kier molecular flexibility index (Phi) is 7.34. The average molecular weight is 469 g/mol. The third-order valence-corrected chi connectivity index (χ3v) is 6.24. The number of sulfonamides is 1. The van der Waals surface area contributed by atoms with Gasteiger partial charge in [-0.2, -0.15) is 0 Å². The van der Waals surface area contributed by atoms with Crippen molar-refractivity contribution in [2.24, 2.45) is 0 Å². The van der Waals surface area contributed by atoms with E-state index in [0.29, 0.717) is 11.4 Å². The molecule has 0 aliphatic rings. The standard InChI is InChI=1S/C24H24N2O6S/c1-17-9-12-19(13-10-17)25-33(29,30)22-15-18(11-14-21(22)31-3)24(28)32-16-23(27)26(2)20-7-5-4-6-8-20/h4-15,25H,16H2,1-3H3. The molecule has 33 heavy (non-hydrogen) atoms. The average Bonchev–Trinajstić information content (AvgIpc) is 2.83. The molecule has 9 heteroatoms. The molecule has 0 fully saturated rings. The zero-order valence-electron chi connectivity index (χ0n) is 18.4. The van der Waals surface area contributed by atoms with E-state index in [9.17, 15) is 18.0 Å². The van der Waals surface area contributed by atoms with Crippen LogP contribution in [0.5, 0.6) is 5.75 Å². The minimum absolute atomic E-state index is 0.0322. The van der Waals surface area contributed by atoms with Crippen molar-refractivity contribution in [3.63, 3.8) is 0 Å². The third kappa shape index (κ3) is 5.89. The van der Waals surface area contributed by atoms with E-state index < -0.39 is 28.5 Å². The summed E-state index contributed by atoms with van der Waals surface area (Å²) in [4.78, 5) is 26.0. The highest BCUT2D eigenvalue weighted by molar-refractivity contribution is 7.92. The molecular weight excluding hydrogens is 444 g/mol. The summed E-state index contributed by atoms with van der Waals surface area (Å²) in [6.45, 7) is 1.39. The first-order valence-corrected chi connectivity index (χ1v) is 11.5. The van der Waals surface area contributed by atoms with Gasteiger partial charge in [0.05, 0.1) is 12.7 Å². The van der Waals surface area contributed by atoms with Crippen LogP contribution in [-0.4, -0.2) is 41.1 Å². The van der Waals surface area contributed by atoms with Crippen molar-refractivity contribution in [2.45, 2.75) is 11.8 Å². The van der Waals surface area contributed by atoms with Gasteiger partial charge in [0.1, 0.15) is 10.6 Å². The number of carbonyl (C=O) groups is 2. The molecule has 3 aromatic rings. The zero-order chi connectivity index (χ0) is 24.0. The number of rotatable bonds is 8. The number of para-hydroxylation sites is 1. The van der Waals surface area contributed by atoms with Gasteiger partial charge in [-0.3, -0.25) is 9.52 Å². The van der Waals surface area contributed by atoms with Crippen LogP contribution in [0.2, 0.25) is 0 Å². The Balaban J connectivity index is 1.76. The highest BCUT2D eigenvalue weighted by Gasteiger charge is 2.23. The van der Waals surface area contributed by atoms with E-state index in [1.165, 1.54) is 24.1 Å². The Morgan fingerprint density at radius 2 is 1.64 bits per heavy atom. The van der Waals surface area contributed by atoms with E-state index in [-0.39, 0.29) is 16.2 Å². The summed E-state index contributed by atoms with van der Waals surface area (Å²) in [5, 5.41) is 0. The number of ether oxygens (including phenoxy) is 2. The number of esters is 1. The topological polar surface area (TPSA) is 102 Å². The Morgan fingerprint density at radius 1 is 0.970 bits per heavy atom. The number of benzene rings is 3. The summed E-state index contributed by atoms with van der Waals surface area (Å²) in [5.41, 5.74) is 1.96. The summed E-state index contributed by atoms with van der Waals surface area (Å²) in [7, 11) is -1.16. The van der Waals surface area contributed by atoms with Gasteiger partial charge < -0.3 is 14.4 Å². The fourth-order valence-electron chi connectivity index (χ4n) is 2.95. The second kappa shape index (κ2) is 10.2. The predicted octanol–water partition coefficient (Wildman–Crippen LogP) is 3.62. The van der Waals surface area contributed by atoms with Crippen molar-refractivity contribution in [1.29, 1.82) is 0 Å². The first-order chi connectivity index (χ1) is 15.7. The van der Waals surface area contributed by atoms with Gasteiger partial charge in [-0.15, -0.1) is 0 Å². The van der Waals surface area contributed by atoms with Crippen molar-refractivity contribution in [3.05, 3.63) is 83.9 Å². The number of nitrogens with one attached hydrogen (secondary N) is 1. The molecule has 0 saturated heterocycles. The molecule has 0 atom stereocenters. The minimum atomic E-state index is -4.06. The quantitative estimate of drug-likeness (QED) is 0.507. The second-order valence-corrected chi connectivity index (χ2v) is 8.85. The number of anilines is 2. The molecule has 3 aromatic carbocycles. The lowest BCUT2D eigenvalue weighted by atomic mass is 10.2. The van der Waals surface area contributed by atoms with E-state index >= 15 is 0 Å². The van der Waals surface area contributed by atoms with Gasteiger partial charge in [0.15, 0.2) is 6.61 Å². The zero-order valence-corrected chi connectivity index (χ0v) is 19.3. The molecule has 0 aliphatic heterocycles. The molecule has 1 N–H and O–H groups in total. The van der Waals surface area contributed by atoms with Crippen LogP contribution in [0, 0.1) is 6.92 Å². The van der Waals surface area contributed by atoms with Crippen LogP contribution in [0.15, 0.2) is 77.7 Å². The van der Waals surface area contributed by atoms with Crippen LogP contribution in [-0.2, 0) is 19.6 Å². The van der Waals surface area contributed by atoms with E-state index in [2.05, 4.69) is 4.72 Å². The molecule has 3 rings (SSSR count). The number of amides is 1. The molecule has 0 aliphatic carbocycles. The number of aryl methyl sites for hydroxylation is 1. The lowest BCUT2D eigenvalue weighted by molar-refractivity contribution is -0.121. The molecule has 0 unspecified atom stereocenters. The van der Waals surface area contributed by atoms with Crippen LogP contribution < -0.4 is 14.4 Å². The Hall–Kier alpha value is -3.85. The van der Waals surface area contributed by atoms with Crippen molar-refractivity contribution < 1.29 is 27.5 Å². The monoisotopic (exact) mass is 468 g/mol. The van der Waals surface area contributed by atoms with Gasteiger partial charge in [0.2, 0.25) is 0 Å². The molecule has 0 bridgehead atoms. The largest absolute Gasteiger partial charge is 0.495 e. The summed E-state index contributed by atoms with van der Waals surface area (Å²) >= 11 is 0. The van der Waals surface area contributed by atoms with Crippen LogP contribution in [0.25, 0.3) is 0 Å². The number of methoxy groups -OCH3 is 1.